The molecule has 0 N–H and O–H groups in total. The van der Waals surface area contributed by atoms with Crippen molar-refractivity contribution in [2.45, 2.75) is 0 Å². The molecule has 0 saturated carbocycles. The van der Waals surface area contributed by atoms with Crippen LogP contribution in [0.4, 0.5) is 0 Å². The third-order valence-corrected chi connectivity index (χ3v) is 2.26. The van der Waals surface area contributed by atoms with Gasteiger partial charge in [-0.25, -0.2) is 4.98 Å². The summed E-state index contributed by atoms with van der Waals surface area (Å²) in [7, 11) is 1.59. The molecule has 2 rings (SSSR count). The monoisotopic (exact) mass is 255 g/mol. The largest absolute Gasteiger partial charge is 0.594 e. The molecule has 1 aromatic heterocycles. The maximum atomic E-state index is 11.5. The normalized spacial score (nSPS) is 10.7. The lowest BCUT2D eigenvalue weighted by molar-refractivity contribution is -0.642. The number of ether oxygens (including phenoxy) is 2. The Morgan fingerprint density at radius 1 is 1.41 bits per heavy atom. The van der Waals surface area contributed by atoms with Crippen LogP contribution >= 0.6 is 11.6 Å². The number of fused-ring (bicyclic) bond motifs is 1. The van der Waals surface area contributed by atoms with Crippen LogP contribution < -0.4 is 9.58 Å². The smallest absolute Gasteiger partial charge is 0.290 e. The van der Waals surface area contributed by atoms with Gasteiger partial charge in [0.15, 0.2) is 0 Å². The summed E-state index contributed by atoms with van der Waals surface area (Å²) in [6, 6.07) is 4.93. The molecule has 1 aromatic carbocycles. The molecule has 6 nitrogen and oxygen atoms in total. The summed E-state index contributed by atoms with van der Waals surface area (Å²) < 4.78 is 10.2. The number of nitrogens with zero attached hydrogens (tertiary/aromatic N) is 3. The molecule has 0 spiro atoms. The molecule has 90 valence electrons. The molecule has 0 fully saturated rings. The Labute approximate surface area is 102 Å². The molecule has 0 unspecified atom stereocenters. The summed E-state index contributed by atoms with van der Waals surface area (Å²) in [5, 5.41) is 14.9. The maximum absolute atomic E-state index is 11.5. The van der Waals surface area contributed by atoms with Crippen LogP contribution in [0.3, 0.4) is 0 Å². The number of aromatic nitrogens is 3. The molecular weight excluding hydrogens is 246 g/mol. The van der Waals surface area contributed by atoms with Crippen LogP contribution in [0.1, 0.15) is 0 Å². The minimum absolute atomic E-state index is 0.0828. The number of benzene rings is 1. The molecular formula is C10H10ClN3O3. The Kier molecular flexibility index (Phi) is 3.55. The van der Waals surface area contributed by atoms with Gasteiger partial charge in [0.1, 0.15) is 17.9 Å². The minimum atomic E-state index is -0.0828. The molecule has 0 radical (unpaired) electrons. The van der Waals surface area contributed by atoms with Gasteiger partial charge in [-0.2, -0.15) is 0 Å². The van der Waals surface area contributed by atoms with E-state index in [4.69, 9.17) is 21.1 Å². The van der Waals surface area contributed by atoms with Gasteiger partial charge in [-0.15, -0.1) is 0 Å². The topological polar surface area (TPSA) is 71.2 Å². The predicted molar refractivity (Wildman–Crippen MR) is 60.9 cm³/mol. The van der Waals surface area contributed by atoms with Crippen molar-refractivity contribution in [3.63, 3.8) is 0 Å². The fourth-order valence-corrected chi connectivity index (χ4v) is 1.49. The van der Waals surface area contributed by atoms with Gasteiger partial charge in [0, 0.05) is 12.2 Å². The summed E-state index contributed by atoms with van der Waals surface area (Å²) in [4.78, 5) is 4.35. The zero-order valence-electron chi connectivity index (χ0n) is 9.09. The minimum Gasteiger partial charge on any atom is -0.594 e. The molecule has 0 aliphatic heterocycles. The predicted octanol–water partition coefficient (Wildman–Crippen LogP) is 0.942. The zero-order valence-corrected chi connectivity index (χ0v) is 9.85. The Balaban J connectivity index is 2.30. The van der Waals surface area contributed by atoms with Gasteiger partial charge in [0.05, 0.1) is 12.7 Å². The maximum Gasteiger partial charge on any atom is 0.290 e. The van der Waals surface area contributed by atoms with E-state index in [0.717, 1.165) is 0 Å². The third kappa shape index (κ3) is 2.72. The molecule has 0 amide bonds. The molecule has 2 aromatic rings. The lowest BCUT2D eigenvalue weighted by Gasteiger charge is -2.05. The second-order valence-electron chi connectivity index (χ2n) is 3.25. The summed E-state index contributed by atoms with van der Waals surface area (Å²) >= 11 is 5.58. The molecule has 0 bridgehead atoms. The van der Waals surface area contributed by atoms with Gasteiger partial charge in [-0.05, 0) is 28.6 Å². The first kappa shape index (κ1) is 11.8. The van der Waals surface area contributed by atoms with E-state index in [2.05, 4.69) is 10.1 Å². The van der Waals surface area contributed by atoms with Crippen LogP contribution in [0.2, 0.25) is 5.28 Å². The van der Waals surface area contributed by atoms with Crippen LogP contribution in [-0.4, -0.2) is 30.4 Å². The van der Waals surface area contributed by atoms with Crippen molar-refractivity contribution in [1.29, 1.82) is 0 Å². The zero-order chi connectivity index (χ0) is 12.3. The van der Waals surface area contributed by atoms with Gasteiger partial charge >= 0.3 is 0 Å². The second kappa shape index (κ2) is 5.11. The van der Waals surface area contributed by atoms with Crippen molar-refractivity contribution in [2.24, 2.45) is 0 Å². The van der Waals surface area contributed by atoms with E-state index >= 15 is 0 Å². The van der Waals surface area contributed by atoms with E-state index in [-0.39, 0.29) is 5.28 Å². The number of hydrogen-bond donors (Lipinski definition) is 0. The SMILES string of the molecule is COCCOc1ccc2nc(Cl)n[n+]([O-])c2c1. The Morgan fingerprint density at radius 2 is 2.24 bits per heavy atom. The molecule has 17 heavy (non-hydrogen) atoms. The standard InChI is InChI=1S/C10H10ClN3O3/c1-16-4-5-17-7-2-3-8-9(6-7)14(15)13-10(11)12-8/h2-3,6H,4-5H2,1H3. The molecule has 0 aliphatic rings. The van der Waals surface area contributed by atoms with E-state index in [1.54, 1.807) is 25.3 Å². The summed E-state index contributed by atoms with van der Waals surface area (Å²) in [6.45, 7) is 0.891. The highest BCUT2D eigenvalue weighted by Gasteiger charge is 2.10. The average molecular weight is 256 g/mol. The fraction of sp³-hybridized carbons (Fsp3) is 0.300. The summed E-state index contributed by atoms with van der Waals surface area (Å²) in [5.74, 6) is 0.560. The van der Waals surface area contributed by atoms with Crippen molar-refractivity contribution in [3.05, 3.63) is 28.7 Å². The third-order valence-electron chi connectivity index (χ3n) is 2.10. The molecule has 0 aliphatic carbocycles. The number of halogens is 1. The molecule has 1 heterocycles. The number of methoxy groups -OCH3 is 1. The van der Waals surface area contributed by atoms with Crippen LogP contribution in [0.25, 0.3) is 11.0 Å². The number of rotatable bonds is 4. The van der Waals surface area contributed by atoms with Crippen molar-refractivity contribution < 1.29 is 14.3 Å². The van der Waals surface area contributed by atoms with Crippen LogP contribution in [0, 0.1) is 5.21 Å². The van der Waals surface area contributed by atoms with Crippen molar-refractivity contribution in [1.82, 2.24) is 10.1 Å². The summed E-state index contributed by atoms with van der Waals surface area (Å²) in [6.07, 6.45) is 0. The van der Waals surface area contributed by atoms with E-state index in [1.807, 2.05) is 0 Å². The lowest BCUT2D eigenvalue weighted by atomic mass is 10.3. The second-order valence-corrected chi connectivity index (χ2v) is 3.58. The van der Waals surface area contributed by atoms with E-state index in [9.17, 15) is 5.21 Å². The van der Waals surface area contributed by atoms with Crippen molar-refractivity contribution in [2.75, 3.05) is 20.3 Å². The van der Waals surface area contributed by atoms with Crippen molar-refractivity contribution in [3.8, 4) is 5.75 Å². The Bertz CT molecular complexity index is 535. The quantitative estimate of drug-likeness (QED) is 0.462. The van der Waals surface area contributed by atoms with Crippen LogP contribution in [0.15, 0.2) is 18.2 Å². The van der Waals surface area contributed by atoms with E-state index in [0.29, 0.717) is 34.8 Å². The average Bonchev–Trinajstić information content (AvgIpc) is 2.30. The number of hydrogen-bond acceptors (Lipinski definition) is 5. The lowest BCUT2D eigenvalue weighted by Crippen LogP contribution is -2.32. The fourth-order valence-electron chi connectivity index (χ4n) is 1.33. The van der Waals surface area contributed by atoms with Gasteiger partial charge in [0.2, 0.25) is 0 Å². The Hall–Kier alpha value is -1.66. The molecule has 0 atom stereocenters. The molecule has 0 saturated heterocycles. The highest BCUT2D eigenvalue weighted by molar-refractivity contribution is 6.28. The van der Waals surface area contributed by atoms with E-state index < -0.39 is 0 Å². The highest BCUT2D eigenvalue weighted by Crippen LogP contribution is 2.17. The first-order valence-corrected chi connectivity index (χ1v) is 5.27. The Morgan fingerprint density at radius 3 is 3.00 bits per heavy atom. The summed E-state index contributed by atoms with van der Waals surface area (Å²) in [5.41, 5.74) is 0.781. The van der Waals surface area contributed by atoms with Crippen molar-refractivity contribution >= 4 is 22.6 Å². The first-order valence-electron chi connectivity index (χ1n) is 4.89. The first-order chi connectivity index (χ1) is 8.20. The van der Waals surface area contributed by atoms with Gasteiger partial charge < -0.3 is 14.7 Å². The van der Waals surface area contributed by atoms with Gasteiger partial charge in [0.25, 0.3) is 10.8 Å². The van der Waals surface area contributed by atoms with Gasteiger partial charge in [-0.1, -0.05) is 0 Å². The van der Waals surface area contributed by atoms with Crippen LogP contribution in [0.5, 0.6) is 5.75 Å². The highest BCUT2D eigenvalue weighted by atomic mass is 35.5. The molecule has 7 heteroatoms. The van der Waals surface area contributed by atoms with Gasteiger partial charge in [-0.3, -0.25) is 0 Å². The van der Waals surface area contributed by atoms with E-state index in [1.165, 1.54) is 0 Å². The van der Waals surface area contributed by atoms with Crippen LogP contribution in [-0.2, 0) is 4.74 Å².